The lowest BCUT2D eigenvalue weighted by Crippen LogP contribution is -2.20. The van der Waals surface area contributed by atoms with Crippen molar-refractivity contribution in [3.05, 3.63) is 71.9 Å². The van der Waals surface area contributed by atoms with E-state index in [1.165, 1.54) is 0 Å². The number of rotatable bonds is 4. The molecule has 26 heavy (non-hydrogen) atoms. The maximum Gasteiger partial charge on any atom is 0.280 e. The second-order valence-corrected chi connectivity index (χ2v) is 7.96. The molecule has 2 heterocycles. The summed E-state index contributed by atoms with van der Waals surface area (Å²) >= 11 is 0. The Morgan fingerprint density at radius 2 is 1.88 bits per heavy atom. The molecule has 1 aliphatic rings. The van der Waals surface area contributed by atoms with Crippen molar-refractivity contribution in [2.45, 2.75) is 17.9 Å². The van der Waals surface area contributed by atoms with Gasteiger partial charge < -0.3 is 9.67 Å². The van der Waals surface area contributed by atoms with Crippen molar-refractivity contribution in [2.24, 2.45) is 0 Å². The van der Waals surface area contributed by atoms with E-state index in [9.17, 15) is 14.7 Å². The van der Waals surface area contributed by atoms with Crippen LogP contribution in [0.1, 0.15) is 22.5 Å². The summed E-state index contributed by atoms with van der Waals surface area (Å²) in [6.07, 6.45) is 1.27. The van der Waals surface area contributed by atoms with Gasteiger partial charge in [0.25, 0.3) is 5.24 Å². The third-order valence-electron chi connectivity index (χ3n) is 4.67. The van der Waals surface area contributed by atoms with Crippen molar-refractivity contribution < 1.29 is 14.7 Å². The fraction of sp³-hybridized carbons (Fsp3) is 0.150. The Hall–Kier alpha value is -2.70. The number of nitrogens with zero attached hydrogens (tertiary/aromatic N) is 1. The van der Waals surface area contributed by atoms with Crippen LogP contribution < -0.4 is 5.32 Å². The van der Waals surface area contributed by atoms with Gasteiger partial charge in [-0.15, -0.1) is 0 Å². The molecular weight excluding hydrogens is 348 g/mol. The molecule has 0 aliphatic carbocycles. The topological polar surface area (TPSA) is 71.3 Å². The van der Waals surface area contributed by atoms with Crippen molar-refractivity contribution in [1.82, 2.24) is 9.88 Å². The predicted molar refractivity (Wildman–Crippen MR) is 104 cm³/mol. The van der Waals surface area contributed by atoms with E-state index < -0.39 is 21.8 Å². The van der Waals surface area contributed by atoms with E-state index in [4.69, 9.17) is 0 Å². The summed E-state index contributed by atoms with van der Waals surface area (Å²) in [6.45, 7) is 0.406. The van der Waals surface area contributed by atoms with Gasteiger partial charge in [0.15, 0.2) is 0 Å². The Morgan fingerprint density at radius 3 is 2.58 bits per heavy atom. The van der Waals surface area contributed by atoms with Crippen LogP contribution in [0.5, 0.6) is 0 Å². The number of aromatic nitrogens is 1. The van der Waals surface area contributed by atoms with E-state index in [1.807, 2.05) is 65.4 Å². The van der Waals surface area contributed by atoms with E-state index in [0.29, 0.717) is 6.54 Å². The first-order valence-electron chi connectivity index (χ1n) is 8.24. The smallest absolute Gasteiger partial charge is 0.280 e. The molecule has 3 atom stereocenters. The van der Waals surface area contributed by atoms with Gasteiger partial charge in [0.05, 0.1) is 12.6 Å². The van der Waals surface area contributed by atoms with Gasteiger partial charge >= 0.3 is 0 Å². The Morgan fingerprint density at radius 1 is 1.12 bits per heavy atom. The lowest BCUT2D eigenvalue weighted by atomic mass is 10.1. The van der Waals surface area contributed by atoms with Crippen LogP contribution in [0.15, 0.2) is 60.8 Å². The molecule has 2 N–H and O–H groups in total. The molecule has 0 spiro atoms. The van der Waals surface area contributed by atoms with Crippen molar-refractivity contribution in [2.75, 3.05) is 0 Å². The third kappa shape index (κ3) is 2.77. The Labute approximate surface area is 153 Å². The molecule has 0 saturated carbocycles. The molecule has 6 heteroatoms. The maximum absolute atomic E-state index is 12.2. The van der Waals surface area contributed by atoms with E-state index in [-0.39, 0.29) is 11.1 Å². The summed E-state index contributed by atoms with van der Waals surface area (Å²) in [7, 11) is -0.932. The van der Waals surface area contributed by atoms with Gasteiger partial charge in [-0.25, -0.2) is 0 Å². The third-order valence-corrected chi connectivity index (χ3v) is 6.29. The molecule has 3 unspecified atom stereocenters. The van der Waals surface area contributed by atoms with E-state index in [1.54, 1.807) is 0 Å². The van der Waals surface area contributed by atoms with Gasteiger partial charge in [0, 0.05) is 17.1 Å². The number of imide groups is 1. The fourth-order valence-electron chi connectivity index (χ4n) is 3.36. The maximum atomic E-state index is 12.2. The molecule has 1 aliphatic heterocycles. The number of benzene rings is 2. The Kier molecular flexibility index (Phi) is 4.22. The summed E-state index contributed by atoms with van der Waals surface area (Å²) in [5.41, 5.74) is 2.57. The minimum Gasteiger partial charge on any atom is -0.387 e. The summed E-state index contributed by atoms with van der Waals surface area (Å²) in [6, 6.07) is 17.1. The van der Waals surface area contributed by atoms with Crippen molar-refractivity contribution in [3.8, 4) is 0 Å². The highest BCUT2D eigenvalue weighted by atomic mass is 32.2. The van der Waals surface area contributed by atoms with Crippen LogP contribution >= 0.6 is 10.5 Å². The number of nitrogens with one attached hydrogen (secondary N) is 1. The number of carbonyl (C=O) groups is 2. The molecule has 2 aromatic carbocycles. The Balaban J connectivity index is 1.71. The number of hydrogen-bond acceptors (Lipinski definition) is 3. The molecule has 1 aromatic heterocycles. The standard InChI is InChI=1S/C20H18N2O3S/c1-26-18(19(24)21-20(26)25)15-8-5-9-16-14(15)10-11-22(16)12-17(23)13-6-3-2-4-7-13/h2-11,17-18,23H,1,12H2,(H,21,24,25). The molecule has 5 nitrogen and oxygen atoms in total. The zero-order valence-electron chi connectivity index (χ0n) is 14.0. The molecule has 2 amide bonds. The highest BCUT2D eigenvalue weighted by molar-refractivity contribution is 8.28. The number of hydrogen-bond donors (Lipinski definition) is 2. The first-order valence-corrected chi connectivity index (χ1v) is 9.70. The first kappa shape index (κ1) is 16.8. The van der Waals surface area contributed by atoms with Crippen LogP contribution in [-0.4, -0.2) is 26.7 Å². The number of fused-ring (bicyclic) bond motifs is 1. The minimum absolute atomic E-state index is 0.294. The molecule has 4 rings (SSSR count). The van der Waals surface area contributed by atoms with Gasteiger partial charge in [-0.05, 0) is 23.3 Å². The average Bonchev–Trinajstić information content (AvgIpc) is 3.16. The van der Waals surface area contributed by atoms with Crippen LogP contribution in [0.2, 0.25) is 0 Å². The zero-order chi connectivity index (χ0) is 18.3. The van der Waals surface area contributed by atoms with E-state index in [2.05, 4.69) is 11.2 Å². The van der Waals surface area contributed by atoms with Crippen LogP contribution in [0.4, 0.5) is 4.79 Å². The molecular formula is C20H18N2O3S. The SMILES string of the molecule is C=S1C(=O)NC(=O)C1c1cccc2c1ccn2CC(O)c1ccccc1. The fourth-order valence-corrected chi connectivity index (χ4v) is 4.64. The van der Waals surface area contributed by atoms with Crippen molar-refractivity contribution in [3.63, 3.8) is 0 Å². The zero-order valence-corrected chi connectivity index (χ0v) is 14.8. The normalized spacial score (nSPS) is 21.1. The number of carbonyl (C=O) groups excluding carboxylic acids is 2. The van der Waals surface area contributed by atoms with Crippen LogP contribution in [0, 0.1) is 0 Å². The molecule has 0 radical (unpaired) electrons. The second-order valence-electron chi connectivity index (χ2n) is 6.26. The number of aliphatic hydroxyl groups is 1. The molecule has 132 valence electrons. The highest BCUT2D eigenvalue weighted by Gasteiger charge is 2.36. The molecule has 1 fully saturated rings. The molecule has 3 aromatic rings. The van der Waals surface area contributed by atoms with Crippen LogP contribution in [0.3, 0.4) is 0 Å². The molecule has 1 saturated heterocycles. The number of amides is 2. The summed E-state index contributed by atoms with van der Waals surface area (Å²) in [4.78, 5) is 24.0. The quantitative estimate of drug-likeness (QED) is 0.696. The monoisotopic (exact) mass is 366 g/mol. The molecule has 0 bridgehead atoms. The van der Waals surface area contributed by atoms with Crippen LogP contribution in [-0.2, 0) is 11.3 Å². The largest absolute Gasteiger partial charge is 0.387 e. The van der Waals surface area contributed by atoms with Gasteiger partial charge in [-0.3, -0.25) is 14.9 Å². The average molecular weight is 366 g/mol. The number of aliphatic hydroxyl groups excluding tert-OH is 1. The summed E-state index contributed by atoms with van der Waals surface area (Å²) in [5.74, 6) is 3.58. The van der Waals surface area contributed by atoms with E-state index >= 15 is 0 Å². The minimum atomic E-state index is -0.932. The van der Waals surface area contributed by atoms with E-state index in [0.717, 1.165) is 22.0 Å². The lowest BCUT2D eigenvalue weighted by Gasteiger charge is -2.14. The summed E-state index contributed by atoms with van der Waals surface area (Å²) < 4.78 is 1.96. The van der Waals surface area contributed by atoms with Gasteiger partial charge in [-0.2, -0.15) is 0 Å². The second kappa shape index (κ2) is 6.55. The highest BCUT2D eigenvalue weighted by Crippen LogP contribution is 2.42. The van der Waals surface area contributed by atoms with Gasteiger partial charge in [0.2, 0.25) is 5.91 Å². The summed E-state index contributed by atoms with van der Waals surface area (Å²) in [5, 5.41) is 12.9. The lowest BCUT2D eigenvalue weighted by molar-refractivity contribution is -0.119. The van der Waals surface area contributed by atoms with Crippen molar-refractivity contribution >= 4 is 38.4 Å². The van der Waals surface area contributed by atoms with Crippen molar-refractivity contribution in [1.29, 1.82) is 0 Å². The van der Waals surface area contributed by atoms with Gasteiger partial charge in [-0.1, -0.05) is 58.8 Å². The van der Waals surface area contributed by atoms with Gasteiger partial charge in [0.1, 0.15) is 5.25 Å². The predicted octanol–water partition coefficient (Wildman–Crippen LogP) is 3.37. The van der Waals surface area contributed by atoms with Crippen LogP contribution in [0.25, 0.3) is 10.9 Å². The first-order chi connectivity index (χ1) is 12.6. The Bertz CT molecular complexity index is 1030.